The molecule has 3 rings (SSSR count). The van der Waals surface area contributed by atoms with Crippen LogP contribution in [-0.4, -0.2) is 42.6 Å². The molecule has 1 aliphatic rings. The summed E-state index contributed by atoms with van der Waals surface area (Å²) in [6, 6.07) is 12.5. The van der Waals surface area contributed by atoms with Crippen molar-refractivity contribution in [2.45, 2.75) is 104 Å². The second-order valence-corrected chi connectivity index (χ2v) is 12.7. The number of halogens is 1. The van der Waals surface area contributed by atoms with Crippen LogP contribution in [0, 0.1) is 5.92 Å². The summed E-state index contributed by atoms with van der Waals surface area (Å²) in [5, 5.41) is 0. The van der Waals surface area contributed by atoms with Crippen LogP contribution in [-0.2, 0) is 27.2 Å². The van der Waals surface area contributed by atoms with E-state index < -0.39 is 0 Å². The fraction of sp³-hybridized carbons (Fsp3) is 0.588. The molecule has 0 saturated heterocycles. The van der Waals surface area contributed by atoms with Gasteiger partial charge in [0.15, 0.2) is 0 Å². The Labute approximate surface area is 255 Å². The van der Waals surface area contributed by atoms with Crippen LogP contribution in [0.1, 0.15) is 112 Å². The molecule has 0 aromatic heterocycles. The lowest BCUT2D eigenvalue weighted by atomic mass is 9.93. The van der Waals surface area contributed by atoms with Crippen LogP contribution in [0.3, 0.4) is 0 Å². The third-order valence-corrected chi connectivity index (χ3v) is 8.72. The van der Waals surface area contributed by atoms with Gasteiger partial charge in [0.25, 0.3) is 0 Å². The molecule has 2 aromatic rings. The number of ether oxygens (including phenoxy) is 2. The molecule has 0 amide bonds. The van der Waals surface area contributed by atoms with Crippen molar-refractivity contribution in [1.29, 1.82) is 0 Å². The molecule has 2 N–H and O–H groups in total. The first-order valence-electron chi connectivity index (χ1n) is 15.4. The van der Waals surface area contributed by atoms with Crippen LogP contribution >= 0.6 is 15.9 Å². The molecule has 0 radical (unpaired) electrons. The van der Waals surface area contributed by atoms with Gasteiger partial charge in [-0.15, -0.1) is 0 Å². The lowest BCUT2D eigenvalue weighted by Gasteiger charge is -2.34. The summed E-state index contributed by atoms with van der Waals surface area (Å²) in [6.45, 7) is 10.8. The third-order valence-electron chi connectivity index (χ3n) is 8.06. The predicted molar refractivity (Wildman–Crippen MR) is 170 cm³/mol. The third kappa shape index (κ3) is 10.4. The van der Waals surface area contributed by atoms with Gasteiger partial charge in [-0.25, -0.2) is 4.79 Å². The fourth-order valence-electron chi connectivity index (χ4n) is 5.56. The van der Waals surface area contributed by atoms with Crippen molar-refractivity contribution in [2.24, 2.45) is 5.92 Å². The summed E-state index contributed by atoms with van der Waals surface area (Å²) in [5.41, 5.74) is 10.8. The van der Waals surface area contributed by atoms with Gasteiger partial charge in [-0.2, -0.15) is 0 Å². The van der Waals surface area contributed by atoms with E-state index in [2.05, 4.69) is 53.7 Å². The number of nitrogen functional groups attached to an aromatic ring is 1. The number of nitrogens with two attached hydrogens (primary N) is 1. The topological polar surface area (TPSA) is 81.9 Å². The average molecular weight is 630 g/mol. The lowest BCUT2D eigenvalue weighted by Crippen LogP contribution is -2.36. The minimum Gasteiger partial charge on any atom is -0.465 e. The van der Waals surface area contributed by atoms with Crippen molar-refractivity contribution in [3.05, 3.63) is 63.1 Å². The first kappa shape index (κ1) is 33.1. The molecule has 226 valence electrons. The van der Waals surface area contributed by atoms with Crippen LogP contribution in [0.2, 0.25) is 0 Å². The van der Waals surface area contributed by atoms with Gasteiger partial charge in [0, 0.05) is 17.1 Å². The van der Waals surface area contributed by atoms with Crippen molar-refractivity contribution in [1.82, 2.24) is 4.90 Å². The number of rotatable bonds is 15. The number of esters is 2. The molecule has 2 aromatic carbocycles. The van der Waals surface area contributed by atoms with E-state index >= 15 is 0 Å². The zero-order chi connectivity index (χ0) is 29.8. The highest BCUT2D eigenvalue weighted by atomic mass is 79.9. The highest BCUT2D eigenvalue weighted by Gasteiger charge is 2.22. The Morgan fingerprint density at radius 3 is 2.27 bits per heavy atom. The minimum atomic E-state index is -0.340. The van der Waals surface area contributed by atoms with Gasteiger partial charge in [-0.1, -0.05) is 64.3 Å². The van der Waals surface area contributed by atoms with Gasteiger partial charge in [-0.05, 0) is 103 Å². The molecule has 1 atom stereocenters. The maximum atomic E-state index is 12.8. The second kappa shape index (κ2) is 16.9. The van der Waals surface area contributed by atoms with E-state index in [0.29, 0.717) is 42.8 Å². The molecule has 1 saturated carbocycles. The molecule has 1 unspecified atom stereocenters. The molecule has 0 heterocycles. The van der Waals surface area contributed by atoms with Gasteiger partial charge >= 0.3 is 11.9 Å². The number of anilines is 1. The van der Waals surface area contributed by atoms with Crippen LogP contribution in [0.5, 0.6) is 0 Å². The van der Waals surface area contributed by atoms with E-state index in [1.165, 1.54) is 37.7 Å². The maximum absolute atomic E-state index is 12.8. The van der Waals surface area contributed by atoms with E-state index in [1.807, 2.05) is 25.1 Å². The van der Waals surface area contributed by atoms with Crippen molar-refractivity contribution < 1.29 is 19.1 Å². The standard InChI is InChI=1S/C34H49BrN2O4/c1-5-37(30-12-8-6-9-13-30)23-29-21-28(22-31(35)32(29)36)34(39)41-19-11-7-10-18-40-33(38)25(4)27-16-14-26(15-17-27)20-24(2)3/h14-17,21-22,24-25,30H,5-13,18-20,23,36H2,1-4H3. The Bertz CT molecular complexity index is 1110. The fourth-order valence-corrected chi connectivity index (χ4v) is 6.07. The molecular formula is C34H49BrN2O4. The van der Waals surface area contributed by atoms with E-state index in [1.54, 1.807) is 6.07 Å². The summed E-state index contributed by atoms with van der Waals surface area (Å²) in [4.78, 5) is 27.8. The van der Waals surface area contributed by atoms with Crippen molar-refractivity contribution >= 4 is 33.6 Å². The van der Waals surface area contributed by atoms with Gasteiger partial charge in [-0.3, -0.25) is 9.69 Å². The Hall–Kier alpha value is -2.38. The predicted octanol–water partition coefficient (Wildman–Crippen LogP) is 8.06. The number of hydrogen-bond acceptors (Lipinski definition) is 6. The maximum Gasteiger partial charge on any atom is 0.338 e. The zero-order valence-corrected chi connectivity index (χ0v) is 27.0. The monoisotopic (exact) mass is 628 g/mol. The largest absolute Gasteiger partial charge is 0.465 e. The normalized spacial score (nSPS) is 14.8. The van der Waals surface area contributed by atoms with E-state index in [0.717, 1.165) is 48.0 Å². The molecular weight excluding hydrogens is 580 g/mol. The van der Waals surface area contributed by atoms with E-state index in [4.69, 9.17) is 15.2 Å². The molecule has 0 spiro atoms. The molecule has 0 bridgehead atoms. The Morgan fingerprint density at radius 1 is 0.976 bits per heavy atom. The molecule has 0 aliphatic heterocycles. The first-order chi connectivity index (χ1) is 19.7. The summed E-state index contributed by atoms with van der Waals surface area (Å²) >= 11 is 3.54. The smallest absolute Gasteiger partial charge is 0.338 e. The first-order valence-corrected chi connectivity index (χ1v) is 16.2. The molecule has 1 fully saturated rings. The summed E-state index contributed by atoms with van der Waals surface area (Å²) in [5.74, 6) is -0.234. The summed E-state index contributed by atoms with van der Waals surface area (Å²) in [6.07, 6.45) is 9.61. The highest BCUT2D eigenvalue weighted by Crippen LogP contribution is 2.30. The van der Waals surface area contributed by atoms with E-state index in [9.17, 15) is 9.59 Å². The van der Waals surface area contributed by atoms with E-state index in [-0.39, 0.29) is 17.9 Å². The zero-order valence-electron chi connectivity index (χ0n) is 25.4. The molecule has 1 aliphatic carbocycles. The quantitative estimate of drug-likeness (QED) is 0.122. The molecule has 7 heteroatoms. The second-order valence-electron chi connectivity index (χ2n) is 11.8. The van der Waals surface area contributed by atoms with Gasteiger partial charge in [0.05, 0.1) is 30.4 Å². The van der Waals surface area contributed by atoms with Crippen molar-refractivity contribution in [3.8, 4) is 0 Å². The average Bonchev–Trinajstić information content (AvgIpc) is 2.97. The van der Waals surface area contributed by atoms with Gasteiger partial charge < -0.3 is 15.2 Å². The number of unbranched alkanes of at least 4 members (excludes halogenated alkanes) is 2. The summed E-state index contributed by atoms with van der Waals surface area (Å²) in [7, 11) is 0. The van der Waals surface area contributed by atoms with Crippen LogP contribution < -0.4 is 5.73 Å². The van der Waals surface area contributed by atoms with Crippen molar-refractivity contribution in [3.63, 3.8) is 0 Å². The Kier molecular flexibility index (Phi) is 13.7. The number of hydrogen-bond donors (Lipinski definition) is 1. The van der Waals surface area contributed by atoms with Gasteiger partial charge in [0.2, 0.25) is 0 Å². The Morgan fingerprint density at radius 2 is 1.63 bits per heavy atom. The summed E-state index contributed by atoms with van der Waals surface area (Å²) < 4.78 is 11.8. The molecule has 6 nitrogen and oxygen atoms in total. The van der Waals surface area contributed by atoms with Gasteiger partial charge in [0.1, 0.15) is 0 Å². The highest BCUT2D eigenvalue weighted by molar-refractivity contribution is 9.10. The van der Waals surface area contributed by atoms with Crippen LogP contribution in [0.4, 0.5) is 5.69 Å². The number of benzene rings is 2. The number of carbonyl (C=O) groups is 2. The van der Waals surface area contributed by atoms with Crippen LogP contribution in [0.25, 0.3) is 0 Å². The SMILES string of the molecule is CCN(Cc1cc(C(=O)OCCCCCOC(=O)C(C)c2ccc(CC(C)C)cc2)cc(Br)c1N)C1CCCCC1. The number of nitrogens with zero attached hydrogens (tertiary/aromatic N) is 1. The number of carbonyl (C=O) groups excluding carboxylic acids is 2. The minimum absolute atomic E-state index is 0.206. The lowest BCUT2D eigenvalue weighted by molar-refractivity contribution is -0.145. The van der Waals surface area contributed by atoms with Crippen LogP contribution in [0.15, 0.2) is 40.9 Å². The Balaban J connectivity index is 1.38. The molecule has 41 heavy (non-hydrogen) atoms. The van der Waals surface area contributed by atoms with Crippen molar-refractivity contribution in [2.75, 3.05) is 25.5 Å².